The molecule has 1 N–H and O–H groups in total. The maximum atomic E-state index is 13.1. The number of rotatable bonds is 2. The number of aromatic nitrogens is 1. The number of nitrogens with zero attached hydrogens (tertiary/aromatic N) is 2. The van der Waals surface area contributed by atoms with Gasteiger partial charge in [-0.25, -0.2) is 0 Å². The molecule has 1 aromatic heterocycles. The molecule has 1 saturated heterocycles. The van der Waals surface area contributed by atoms with Crippen LogP contribution in [0.5, 0.6) is 0 Å². The molecule has 4 amide bonds. The molecule has 0 radical (unpaired) electrons. The van der Waals surface area contributed by atoms with Crippen molar-refractivity contribution in [3.63, 3.8) is 0 Å². The SMILES string of the molecule is O=C1CC2(C(=O)N1)C(=O)N(Cc1ccc(C(F)(F)F)cc1)C(=O)c1cccn12. The average Bonchev–Trinajstić information content (AvgIpc) is 3.22. The first-order valence-corrected chi connectivity index (χ1v) is 8.19. The van der Waals surface area contributed by atoms with Crippen molar-refractivity contribution in [1.29, 1.82) is 0 Å². The van der Waals surface area contributed by atoms with Crippen molar-refractivity contribution < 1.29 is 32.3 Å². The Kier molecular flexibility index (Phi) is 3.71. The van der Waals surface area contributed by atoms with Gasteiger partial charge in [0.2, 0.25) is 11.4 Å². The van der Waals surface area contributed by atoms with Gasteiger partial charge in [0.15, 0.2) is 0 Å². The minimum atomic E-state index is -4.51. The maximum absolute atomic E-state index is 13.1. The maximum Gasteiger partial charge on any atom is 0.416 e. The summed E-state index contributed by atoms with van der Waals surface area (Å²) in [6, 6.07) is 6.89. The molecule has 28 heavy (non-hydrogen) atoms. The largest absolute Gasteiger partial charge is 0.416 e. The lowest BCUT2D eigenvalue weighted by Crippen LogP contribution is -2.60. The van der Waals surface area contributed by atoms with Crippen LogP contribution < -0.4 is 5.32 Å². The first kappa shape index (κ1) is 18.0. The number of hydrogen-bond donors (Lipinski definition) is 1. The molecular weight excluding hydrogens is 379 g/mol. The van der Waals surface area contributed by atoms with Crippen molar-refractivity contribution >= 4 is 23.6 Å². The lowest BCUT2D eigenvalue weighted by molar-refractivity contribution is -0.147. The minimum absolute atomic E-state index is 0.0383. The van der Waals surface area contributed by atoms with Crippen LogP contribution in [-0.2, 0) is 32.6 Å². The molecule has 144 valence electrons. The second-order valence-corrected chi connectivity index (χ2v) is 6.57. The number of benzene rings is 1. The summed E-state index contributed by atoms with van der Waals surface area (Å²) in [5.74, 6) is -3.09. The molecule has 2 aliphatic rings. The van der Waals surface area contributed by atoms with Gasteiger partial charge in [0.25, 0.3) is 17.7 Å². The molecule has 0 aliphatic carbocycles. The lowest BCUT2D eigenvalue weighted by Gasteiger charge is -2.37. The topological polar surface area (TPSA) is 88.5 Å². The highest BCUT2D eigenvalue weighted by Crippen LogP contribution is 2.36. The van der Waals surface area contributed by atoms with Gasteiger partial charge < -0.3 is 4.57 Å². The first-order chi connectivity index (χ1) is 13.1. The van der Waals surface area contributed by atoms with E-state index in [0.29, 0.717) is 0 Å². The van der Waals surface area contributed by atoms with Crippen molar-refractivity contribution in [3.05, 3.63) is 59.4 Å². The fourth-order valence-corrected chi connectivity index (χ4v) is 3.52. The van der Waals surface area contributed by atoms with Crippen LogP contribution >= 0.6 is 0 Å². The quantitative estimate of drug-likeness (QED) is 0.620. The van der Waals surface area contributed by atoms with Crippen LogP contribution in [0.3, 0.4) is 0 Å². The molecule has 10 heteroatoms. The van der Waals surface area contributed by atoms with Crippen LogP contribution in [0.1, 0.15) is 28.0 Å². The van der Waals surface area contributed by atoms with Gasteiger partial charge in [0.1, 0.15) is 5.69 Å². The smallest absolute Gasteiger partial charge is 0.320 e. The van der Waals surface area contributed by atoms with E-state index < -0.39 is 47.3 Å². The van der Waals surface area contributed by atoms with Gasteiger partial charge in [-0.05, 0) is 29.8 Å². The summed E-state index contributed by atoms with van der Waals surface area (Å²) in [5.41, 5.74) is -2.46. The summed E-state index contributed by atoms with van der Waals surface area (Å²) in [4.78, 5) is 50.9. The van der Waals surface area contributed by atoms with Gasteiger partial charge in [-0.3, -0.25) is 29.4 Å². The molecule has 1 unspecified atom stereocenters. The van der Waals surface area contributed by atoms with Gasteiger partial charge in [-0.15, -0.1) is 0 Å². The zero-order valence-corrected chi connectivity index (χ0v) is 14.1. The first-order valence-electron chi connectivity index (χ1n) is 8.19. The molecule has 0 bridgehead atoms. The number of imide groups is 2. The highest BCUT2D eigenvalue weighted by Gasteiger charge is 2.60. The van der Waals surface area contributed by atoms with Gasteiger partial charge in [0, 0.05) is 6.20 Å². The summed E-state index contributed by atoms with van der Waals surface area (Å²) in [7, 11) is 0. The second kappa shape index (κ2) is 5.78. The summed E-state index contributed by atoms with van der Waals surface area (Å²) in [6.45, 7) is -0.329. The summed E-state index contributed by atoms with van der Waals surface area (Å²) in [6.07, 6.45) is -3.59. The van der Waals surface area contributed by atoms with E-state index in [1.807, 2.05) is 0 Å². The fourth-order valence-electron chi connectivity index (χ4n) is 3.52. The highest BCUT2D eigenvalue weighted by molar-refractivity contribution is 6.24. The van der Waals surface area contributed by atoms with E-state index in [-0.39, 0.29) is 17.8 Å². The second-order valence-electron chi connectivity index (χ2n) is 6.57. The normalized spacial score (nSPS) is 22.0. The van der Waals surface area contributed by atoms with Crippen LogP contribution in [0.15, 0.2) is 42.6 Å². The van der Waals surface area contributed by atoms with Crippen LogP contribution in [0.25, 0.3) is 0 Å². The summed E-state index contributed by atoms with van der Waals surface area (Å²) in [5, 5.41) is 2.08. The Labute approximate surface area is 155 Å². The molecule has 1 spiro atoms. The molecule has 2 aliphatic heterocycles. The Balaban J connectivity index is 1.73. The van der Waals surface area contributed by atoms with E-state index in [1.54, 1.807) is 0 Å². The number of amides is 4. The predicted molar refractivity (Wildman–Crippen MR) is 86.5 cm³/mol. The average molecular weight is 391 g/mol. The van der Waals surface area contributed by atoms with E-state index in [9.17, 15) is 32.3 Å². The predicted octanol–water partition coefficient (Wildman–Crippen LogP) is 1.43. The molecular formula is C18H12F3N3O4. The van der Waals surface area contributed by atoms with E-state index in [0.717, 1.165) is 29.2 Å². The fraction of sp³-hybridized carbons (Fsp3) is 0.222. The van der Waals surface area contributed by atoms with Crippen LogP contribution in [-0.4, -0.2) is 33.1 Å². The van der Waals surface area contributed by atoms with Crippen molar-refractivity contribution in [2.45, 2.75) is 24.7 Å². The zero-order chi connectivity index (χ0) is 20.3. The summed E-state index contributed by atoms with van der Waals surface area (Å²) < 4.78 is 39.3. The number of hydrogen-bond acceptors (Lipinski definition) is 4. The molecule has 1 fully saturated rings. The Hall–Kier alpha value is -3.43. The third-order valence-electron chi connectivity index (χ3n) is 4.89. The molecule has 2 aromatic rings. The number of fused-ring (bicyclic) bond motifs is 2. The highest BCUT2D eigenvalue weighted by atomic mass is 19.4. The van der Waals surface area contributed by atoms with E-state index in [2.05, 4.69) is 5.32 Å². The number of alkyl halides is 3. The molecule has 0 saturated carbocycles. The third kappa shape index (κ3) is 2.44. The van der Waals surface area contributed by atoms with Gasteiger partial charge in [0.05, 0.1) is 18.5 Å². The Morgan fingerprint density at radius 1 is 1.04 bits per heavy atom. The number of nitrogens with one attached hydrogen (secondary N) is 1. The third-order valence-corrected chi connectivity index (χ3v) is 4.89. The molecule has 3 heterocycles. The molecule has 7 nitrogen and oxygen atoms in total. The Morgan fingerprint density at radius 2 is 1.71 bits per heavy atom. The van der Waals surface area contributed by atoms with Gasteiger partial charge in [-0.1, -0.05) is 12.1 Å². The lowest BCUT2D eigenvalue weighted by atomic mass is 9.91. The van der Waals surface area contributed by atoms with Crippen LogP contribution in [0, 0.1) is 0 Å². The van der Waals surface area contributed by atoms with Crippen molar-refractivity contribution in [2.75, 3.05) is 0 Å². The molecule has 4 rings (SSSR count). The van der Waals surface area contributed by atoms with Crippen molar-refractivity contribution in [1.82, 2.24) is 14.8 Å². The Bertz CT molecular complexity index is 1030. The standard InChI is InChI=1S/C18H12F3N3O4/c19-18(20,21)11-5-3-10(4-6-11)9-23-14(26)12-2-1-7-24(12)17(16(23)28)8-13(25)22-15(17)27/h1-7H,8-9H2,(H,22,25,27). The van der Waals surface area contributed by atoms with E-state index in [1.165, 1.54) is 22.9 Å². The Morgan fingerprint density at radius 3 is 2.29 bits per heavy atom. The van der Waals surface area contributed by atoms with Gasteiger partial charge in [-0.2, -0.15) is 13.2 Å². The van der Waals surface area contributed by atoms with Crippen LogP contribution in [0.4, 0.5) is 13.2 Å². The monoisotopic (exact) mass is 391 g/mol. The minimum Gasteiger partial charge on any atom is -0.320 e. The number of carbonyl (C=O) groups excluding carboxylic acids is 4. The molecule has 1 aromatic carbocycles. The summed E-state index contributed by atoms with van der Waals surface area (Å²) >= 11 is 0. The van der Waals surface area contributed by atoms with Crippen molar-refractivity contribution in [3.8, 4) is 0 Å². The number of carbonyl (C=O) groups is 4. The van der Waals surface area contributed by atoms with E-state index in [4.69, 9.17) is 0 Å². The molecule has 1 atom stereocenters. The number of halogens is 3. The van der Waals surface area contributed by atoms with Crippen molar-refractivity contribution in [2.24, 2.45) is 0 Å². The van der Waals surface area contributed by atoms with E-state index >= 15 is 0 Å². The van der Waals surface area contributed by atoms with Crippen LogP contribution in [0.2, 0.25) is 0 Å². The van der Waals surface area contributed by atoms with Gasteiger partial charge >= 0.3 is 6.18 Å². The zero-order valence-electron chi connectivity index (χ0n) is 14.1.